The van der Waals surface area contributed by atoms with E-state index in [2.05, 4.69) is 15.0 Å². The zero-order chi connectivity index (χ0) is 14.1. The van der Waals surface area contributed by atoms with Crippen LogP contribution in [0.4, 0.5) is 0 Å². The van der Waals surface area contributed by atoms with Gasteiger partial charge in [0.05, 0.1) is 11.7 Å². The molecule has 0 spiro atoms. The van der Waals surface area contributed by atoms with E-state index in [9.17, 15) is 9.90 Å². The maximum atomic E-state index is 11.7. The molecule has 1 aromatic heterocycles. The summed E-state index contributed by atoms with van der Waals surface area (Å²) in [7, 11) is 0. The molecule has 1 aliphatic rings. The average molecular weight is 268 g/mol. The zero-order valence-corrected chi connectivity index (χ0v) is 11.5. The van der Waals surface area contributed by atoms with Crippen molar-refractivity contribution in [2.45, 2.75) is 38.9 Å². The number of nitrogens with zero attached hydrogens (tertiary/aromatic N) is 1. The Morgan fingerprint density at radius 1 is 1.68 bits per heavy atom. The standard InChI is InChI=1S/C13H20N2O4/c1-4-18-10-7-13(17,12(10,2)3)8-14-11(16)9-5-6-19-15-9/h5-6,10,17H,4,7-8H2,1-3H3,(H,14,16)/t10-,13+/m0/s1. The normalized spacial score (nSPS) is 28.7. The van der Waals surface area contributed by atoms with E-state index in [1.807, 2.05) is 20.8 Å². The maximum absolute atomic E-state index is 11.7. The van der Waals surface area contributed by atoms with Gasteiger partial charge in [-0.25, -0.2) is 0 Å². The number of aliphatic hydroxyl groups is 1. The number of aromatic nitrogens is 1. The molecule has 19 heavy (non-hydrogen) atoms. The van der Waals surface area contributed by atoms with Crippen LogP contribution in [0.25, 0.3) is 0 Å². The Kier molecular flexibility index (Phi) is 3.64. The van der Waals surface area contributed by atoms with Gasteiger partial charge >= 0.3 is 0 Å². The number of hydrogen-bond acceptors (Lipinski definition) is 5. The number of hydrogen-bond donors (Lipinski definition) is 2. The van der Waals surface area contributed by atoms with Crippen LogP contribution in [0.1, 0.15) is 37.7 Å². The van der Waals surface area contributed by atoms with Gasteiger partial charge in [0.15, 0.2) is 5.69 Å². The molecule has 2 N–H and O–H groups in total. The molecule has 1 aromatic rings. The highest BCUT2D eigenvalue weighted by Gasteiger charge is 2.59. The smallest absolute Gasteiger partial charge is 0.273 e. The van der Waals surface area contributed by atoms with Crippen LogP contribution >= 0.6 is 0 Å². The summed E-state index contributed by atoms with van der Waals surface area (Å²) in [5.74, 6) is -0.349. The largest absolute Gasteiger partial charge is 0.387 e. The van der Waals surface area contributed by atoms with Gasteiger partial charge in [0, 0.05) is 31.1 Å². The van der Waals surface area contributed by atoms with Gasteiger partial charge in [-0.1, -0.05) is 19.0 Å². The van der Waals surface area contributed by atoms with Crippen LogP contribution in [0.2, 0.25) is 0 Å². The third kappa shape index (κ3) is 2.37. The van der Waals surface area contributed by atoms with Crippen LogP contribution in [0, 0.1) is 5.41 Å². The van der Waals surface area contributed by atoms with Crippen molar-refractivity contribution in [1.82, 2.24) is 10.5 Å². The molecule has 1 saturated carbocycles. The van der Waals surface area contributed by atoms with Gasteiger partial charge in [0.1, 0.15) is 6.26 Å². The van der Waals surface area contributed by atoms with Crippen LogP contribution in [0.3, 0.4) is 0 Å². The molecule has 0 bridgehead atoms. The fourth-order valence-corrected chi connectivity index (χ4v) is 2.41. The Balaban J connectivity index is 1.91. The summed E-state index contributed by atoms with van der Waals surface area (Å²) in [6.45, 7) is 6.61. The monoisotopic (exact) mass is 268 g/mol. The molecular formula is C13H20N2O4. The lowest BCUT2D eigenvalue weighted by molar-refractivity contribution is -0.237. The number of nitrogens with one attached hydrogen (secondary N) is 1. The number of rotatable bonds is 5. The summed E-state index contributed by atoms with van der Waals surface area (Å²) in [6.07, 6.45) is 1.88. The van der Waals surface area contributed by atoms with Crippen molar-refractivity contribution >= 4 is 5.91 Å². The fourth-order valence-electron chi connectivity index (χ4n) is 2.41. The summed E-state index contributed by atoms with van der Waals surface area (Å²) in [5.41, 5.74) is -1.13. The van der Waals surface area contributed by atoms with E-state index >= 15 is 0 Å². The molecule has 1 aliphatic carbocycles. The fraction of sp³-hybridized carbons (Fsp3) is 0.692. The van der Waals surface area contributed by atoms with E-state index in [4.69, 9.17) is 4.74 Å². The second-order valence-corrected chi connectivity index (χ2v) is 5.47. The van der Waals surface area contributed by atoms with E-state index in [0.717, 1.165) is 0 Å². The first-order valence-corrected chi connectivity index (χ1v) is 6.43. The van der Waals surface area contributed by atoms with Crippen LogP contribution < -0.4 is 5.32 Å². The highest BCUT2D eigenvalue weighted by Crippen LogP contribution is 2.50. The van der Waals surface area contributed by atoms with Gasteiger partial charge in [0.25, 0.3) is 5.91 Å². The van der Waals surface area contributed by atoms with Crippen LogP contribution in [0.5, 0.6) is 0 Å². The maximum Gasteiger partial charge on any atom is 0.273 e. The summed E-state index contributed by atoms with van der Waals surface area (Å²) >= 11 is 0. The van der Waals surface area contributed by atoms with Crippen LogP contribution in [-0.2, 0) is 4.74 Å². The molecule has 0 unspecified atom stereocenters. The number of amides is 1. The lowest BCUT2D eigenvalue weighted by Gasteiger charge is -2.57. The zero-order valence-electron chi connectivity index (χ0n) is 11.5. The van der Waals surface area contributed by atoms with Crippen LogP contribution in [0.15, 0.2) is 16.9 Å². The summed E-state index contributed by atoms with van der Waals surface area (Å²) < 4.78 is 10.2. The second kappa shape index (κ2) is 4.94. The van der Waals surface area contributed by atoms with E-state index in [0.29, 0.717) is 13.0 Å². The van der Waals surface area contributed by atoms with Gasteiger partial charge in [-0.2, -0.15) is 0 Å². The molecule has 6 heteroatoms. The molecule has 0 aliphatic heterocycles. The summed E-state index contributed by atoms with van der Waals surface area (Å²) in [5, 5.41) is 16.8. The molecule has 0 aromatic carbocycles. The molecule has 6 nitrogen and oxygen atoms in total. The summed E-state index contributed by atoms with van der Waals surface area (Å²) in [4.78, 5) is 11.7. The first-order valence-electron chi connectivity index (χ1n) is 6.43. The van der Waals surface area contributed by atoms with Gasteiger partial charge in [-0.3, -0.25) is 4.79 Å². The van der Waals surface area contributed by atoms with Crippen LogP contribution in [-0.4, -0.2) is 41.0 Å². The molecule has 106 valence electrons. The lowest BCUT2D eigenvalue weighted by atomic mass is 9.56. The van der Waals surface area contributed by atoms with Crippen molar-refractivity contribution in [1.29, 1.82) is 0 Å². The van der Waals surface area contributed by atoms with Crippen molar-refractivity contribution in [3.8, 4) is 0 Å². The van der Waals surface area contributed by atoms with Crippen molar-refractivity contribution in [2.24, 2.45) is 5.41 Å². The molecule has 0 saturated heterocycles. The number of carbonyl (C=O) groups excluding carboxylic acids is 1. The van der Waals surface area contributed by atoms with Crippen molar-refractivity contribution in [3.63, 3.8) is 0 Å². The predicted molar refractivity (Wildman–Crippen MR) is 67.6 cm³/mol. The third-order valence-corrected chi connectivity index (χ3v) is 4.11. The minimum absolute atomic E-state index is 0.0199. The van der Waals surface area contributed by atoms with Crippen molar-refractivity contribution < 1.29 is 19.2 Å². The minimum Gasteiger partial charge on any atom is -0.387 e. The first kappa shape index (κ1) is 14.0. The summed E-state index contributed by atoms with van der Waals surface area (Å²) in [6, 6.07) is 1.48. The highest BCUT2D eigenvalue weighted by atomic mass is 16.5. The van der Waals surface area contributed by atoms with Gasteiger partial charge in [0.2, 0.25) is 0 Å². The Hall–Kier alpha value is -1.40. The Labute approximate surface area is 112 Å². The molecule has 1 amide bonds. The minimum atomic E-state index is -0.952. The van der Waals surface area contributed by atoms with Gasteiger partial charge in [-0.05, 0) is 6.92 Å². The van der Waals surface area contributed by atoms with Gasteiger partial charge in [-0.15, -0.1) is 0 Å². The van der Waals surface area contributed by atoms with E-state index < -0.39 is 5.60 Å². The lowest BCUT2D eigenvalue weighted by Crippen LogP contribution is -2.68. The Bertz CT molecular complexity index is 444. The molecule has 1 heterocycles. The molecule has 0 radical (unpaired) electrons. The topological polar surface area (TPSA) is 84.6 Å². The van der Waals surface area contributed by atoms with Crippen molar-refractivity contribution in [3.05, 3.63) is 18.0 Å². The molecular weight excluding hydrogens is 248 g/mol. The molecule has 1 fully saturated rings. The predicted octanol–water partition coefficient (Wildman–Crippen LogP) is 0.970. The number of ether oxygens (including phenoxy) is 1. The molecule has 2 rings (SSSR count). The van der Waals surface area contributed by atoms with E-state index in [1.54, 1.807) is 0 Å². The highest BCUT2D eigenvalue weighted by molar-refractivity contribution is 5.92. The Morgan fingerprint density at radius 2 is 2.42 bits per heavy atom. The average Bonchev–Trinajstić information content (AvgIpc) is 2.89. The Morgan fingerprint density at radius 3 is 2.95 bits per heavy atom. The third-order valence-electron chi connectivity index (χ3n) is 4.11. The van der Waals surface area contributed by atoms with E-state index in [-0.39, 0.29) is 29.7 Å². The molecule has 2 atom stereocenters. The number of carbonyl (C=O) groups is 1. The van der Waals surface area contributed by atoms with Crippen molar-refractivity contribution in [2.75, 3.05) is 13.2 Å². The quantitative estimate of drug-likeness (QED) is 0.831. The second-order valence-electron chi connectivity index (χ2n) is 5.47. The SMILES string of the molecule is CCO[C@H]1C[C@@](O)(CNC(=O)c2ccon2)C1(C)C. The van der Waals surface area contributed by atoms with Gasteiger partial charge < -0.3 is 19.7 Å². The first-order chi connectivity index (χ1) is 8.90. The van der Waals surface area contributed by atoms with E-state index in [1.165, 1.54) is 12.3 Å².